The van der Waals surface area contributed by atoms with E-state index >= 15 is 0 Å². The molecule has 1 aliphatic rings. The first-order valence-corrected chi connectivity index (χ1v) is 9.40. The van der Waals surface area contributed by atoms with Crippen LogP contribution in [0.5, 0.6) is 0 Å². The molecule has 0 radical (unpaired) electrons. The van der Waals surface area contributed by atoms with Crippen LogP contribution in [0.15, 0.2) is 12.5 Å². The summed E-state index contributed by atoms with van der Waals surface area (Å²) in [6.45, 7) is -0.194. The smallest absolute Gasteiger partial charge is 0.322 e. The van der Waals surface area contributed by atoms with E-state index in [4.69, 9.17) is 10.8 Å². The Morgan fingerprint density at radius 3 is 2.79 bits per heavy atom. The molecule has 0 aromatic carbocycles. The van der Waals surface area contributed by atoms with Crippen LogP contribution in [0.4, 0.5) is 0 Å². The molecule has 3 atom stereocenters. The summed E-state index contributed by atoms with van der Waals surface area (Å²) in [7, 11) is 0. The van der Waals surface area contributed by atoms with E-state index in [0.29, 0.717) is 25.1 Å². The number of aromatic amines is 1. The van der Waals surface area contributed by atoms with Crippen LogP contribution in [0.2, 0.25) is 0 Å². The van der Waals surface area contributed by atoms with Crippen molar-refractivity contribution in [3.8, 4) is 0 Å². The minimum absolute atomic E-state index is 0.112. The first-order chi connectivity index (χ1) is 13.3. The van der Waals surface area contributed by atoms with Crippen molar-refractivity contribution >= 4 is 36.3 Å². The van der Waals surface area contributed by atoms with Crippen LogP contribution >= 0.6 is 12.6 Å². The number of imidazole rings is 1. The number of carboxylic acid groups (broad SMARTS) is 1. The Morgan fingerprint density at radius 2 is 2.18 bits per heavy atom. The standard InChI is InChI=1S/C16H24N6O5S/c17-10(7-28)14(25)21-11(4-9-5-18-8-20-9)16(27)22-3-1-2-12(22)15(26)19-6-13(23)24/h5,8,10-12,28H,1-4,6-7,17H2,(H,18,20)(H,19,26)(H,21,25)(H,23,24). The number of rotatable bonds is 9. The van der Waals surface area contributed by atoms with Gasteiger partial charge in [-0.2, -0.15) is 12.6 Å². The van der Waals surface area contributed by atoms with E-state index in [-0.39, 0.29) is 12.2 Å². The van der Waals surface area contributed by atoms with Crippen molar-refractivity contribution in [1.82, 2.24) is 25.5 Å². The molecule has 1 aromatic heterocycles. The lowest BCUT2D eigenvalue weighted by atomic mass is 10.1. The maximum Gasteiger partial charge on any atom is 0.322 e. The number of nitrogens with two attached hydrogens (primary N) is 1. The second-order valence-corrected chi connectivity index (χ2v) is 6.80. The number of carbonyl (C=O) groups is 4. The first-order valence-electron chi connectivity index (χ1n) is 8.77. The van der Waals surface area contributed by atoms with Crippen LogP contribution in [0.1, 0.15) is 18.5 Å². The predicted octanol–water partition coefficient (Wildman–Crippen LogP) is -2.11. The van der Waals surface area contributed by atoms with Crippen molar-refractivity contribution < 1.29 is 24.3 Å². The molecule has 3 unspecified atom stereocenters. The zero-order valence-electron chi connectivity index (χ0n) is 15.1. The van der Waals surface area contributed by atoms with Crippen LogP contribution in [0.3, 0.4) is 0 Å². The quantitative estimate of drug-likeness (QED) is 0.252. The summed E-state index contributed by atoms with van der Waals surface area (Å²) in [5.74, 6) is -2.57. The van der Waals surface area contributed by atoms with Crippen molar-refractivity contribution in [1.29, 1.82) is 0 Å². The molecule has 6 N–H and O–H groups in total. The maximum atomic E-state index is 13.1. The SMILES string of the molecule is NC(CS)C(=O)NC(Cc1cnc[nH]1)C(=O)N1CCCC1C(=O)NCC(=O)O. The molecule has 3 amide bonds. The molecule has 1 saturated heterocycles. The van der Waals surface area contributed by atoms with Crippen molar-refractivity contribution in [2.24, 2.45) is 5.73 Å². The minimum Gasteiger partial charge on any atom is -0.480 e. The highest BCUT2D eigenvalue weighted by Gasteiger charge is 2.38. The Kier molecular flexibility index (Phi) is 7.81. The average Bonchev–Trinajstić information content (AvgIpc) is 3.35. The van der Waals surface area contributed by atoms with Crippen LogP contribution in [-0.2, 0) is 25.6 Å². The van der Waals surface area contributed by atoms with Gasteiger partial charge in [0.25, 0.3) is 0 Å². The average molecular weight is 412 g/mol. The van der Waals surface area contributed by atoms with E-state index in [2.05, 4.69) is 33.2 Å². The summed E-state index contributed by atoms with van der Waals surface area (Å²) >= 11 is 3.99. The van der Waals surface area contributed by atoms with Gasteiger partial charge in [-0.15, -0.1) is 0 Å². The van der Waals surface area contributed by atoms with Gasteiger partial charge in [-0.05, 0) is 12.8 Å². The minimum atomic E-state index is -1.17. The predicted molar refractivity (Wildman–Crippen MR) is 101 cm³/mol. The van der Waals surface area contributed by atoms with Gasteiger partial charge >= 0.3 is 5.97 Å². The molecular formula is C16H24N6O5S. The van der Waals surface area contributed by atoms with Gasteiger partial charge in [0, 0.05) is 30.6 Å². The van der Waals surface area contributed by atoms with Gasteiger partial charge in [-0.1, -0.05) is 0 Å². The Labute approximate surface area is 166 Å². The topological polar surface area (TPSA) is 171 Å². The van der Waals surface area contributed by atoms with Crippen molar-refractivity contribution in [3.63, 3.8) is 0 Å². The second kappa shape index (κ2) is 10.1. The maximum absolute atomic E-state index is 13.1. The molecule has 1 fully saturated rings. The fourth-order valence-corrected chi connectivity index (χ4v) is 3.13. The summed E-state index contributed by atoms with van der Waals surface area (Å²) in [4.78, 5) is 56.4. The molecule has 0 aliphatic carbocycles. The number of H-pyrrole nitrogens is 1. The van der Waals surface area contributed by atoms with E-state index in [9.17, 15) is 19.2 Å². The third-order valence-electron chi connectivity index (χ3n) is 4.38. The number of carbonyl (C=O) groups excluding carboxylic acids is 3. The van der Waals surface area contributed by atoms with Gasteiger partial charge in [0.05, 0.1) is 12.4 Å². The van der Waals surface area contributed by atoms with Crippen molar-refractivity contribution in [2.75, 3.05) is 18.8 Å². The molecule has 2 rings (SSSR count). The lowest BCUT2D eigenvalue weighted by molar-refractivity contribution is -0.142. The zero-order valence-corrected chi connectivity index (χ0v) is 16.0. The van der Waals surface area contributed by atoms with E-state index in [1.807, 2.05) is 0 Å². The monoisotopic (exact) mass is 412 g/mol. The van der Waals surface area contributed by atoms with Gasteiger partial charge in [0.2, 0.25) is 17.7 Å². The molecule has 154 valence electrons. The summed E-state index contributed by atoms with van der Waals surface area (Å²) in [5.41, 5.74) is 6.31. The van der Waals surface area contributed by atoms with Crippen LogP contribution < -0.4 is 16.4 Å². The number of aromatic nitrogens is 2. The number of carboxylic acids is 1. The van der Waals surface area contributed by atoms with Crippen LogP contribution in [-0.4, -0.2) is 80.6 Å². The van der Waals surface area contributed by atoms with Crippen LogP contribution in [0.25, 0.3) is 0 Å². The van der Waals surface area contributed by atoms with Gasteiger partial charge in [0.1, 0.15) is 18.6 Å². The molecule has 2 heterocycles. The van der Waals surface area contributed by atoms with Gasteiger partial charge in [-0.25, -0.2) is 4.98 Å². The summed E-state index contributed by atoms with van der Waals surface area (Å²) in [5, 5.41) is 13.6. The number of nitrogens with one attached hydrogen (secondary N) is 3. The van der Waals surface area contributed by atoms with E-state index in [1.54, 1.807) is 0 Å². The number of nitrogens with zero attached hydrogens (tertiary/aromatic N) is 2. The number of thiol groups is 1. The molecule has 28 heavy (non-hydrogen) atoms. The molecule has 0 bridgehead atoms. The molecular weight excluding hydrogens is 388 g/mol. The van der Waals surface area contributed by atoms with Gasteiger partial charge < -0.3 is 31.4 Å². The number of hydrogen-bond acceptors (Lipinski definition) is 7. The molecule has 0 saturated carbocycles. The van der Waals surface area contributed by atoms with E-state index in [0.717, 1.165) is 0 Å². The van der Waals surface area contributed by atoms with Crippen molar-refractivity contribution in [3.05, 3.63) is 18.2 Å². The molecule has 0 spiro atoms. The number of likely N-dealkylation sites (tertiary alicyclic amines) is 1. The summed E-state index contributed by atoms with van der Waals surface area (Å²) < 4.78 is 0. The second-order valence-electron chi connectivity index (χ2n) is 6.43. The number of amides is 3. The fraction of sp³-hybridized carbons (Fsp3) is 0.562. The highest BCUT2D eigenvalue weighted by Crippen LogP contribution is 2.19. The molecule has 12 heteroatoms. The van der Waals surface area contributed by atoms with Gasteiger partial charge in [0.15, 0.2) is 0 Å². The number of hydrogen-bond donors (Lipinski definition) is 6. The number of aliphatic carboxylic acids is 1. The Bertz CT molecular complexity index is 712. The fourth-order valence-electron chi connectivity index (χ4n) is 2.96. The summed E-state index contributed by atoms with van der Waals surface area (Å²) in [6, 6.07) is -2.62. The molecule has 11 nitrogen and oxygen atoms in total. The lowest BCUT2D eigenvalue weighted by Gasteiger charge is -2.29. The third kappa shape index (κ3) is 5.70. The Balaban J connectivity index is 2.13. The Morgan fingerprint density at radius 1 is 1.43 bits per heavy atom. The molecule has 1 aliphatic heterocycles. The van der Waals surface area contributed by atoms with Gasteiger partial charge in [-0.3, -0.25) is 19.2 Å². The molecule has 1 aromatic rings. The lowest BCUT2D eigenvalue weighted by Crippen LogP contribution is -2.56. The largest absolute Gasteiger partial charge is 0.480 e. The van der Waals surface area contributed by atoms with E-state index < -0.39 is 48.4 Å². The zero-order chi connectivity index (χ0) is 20.7. The normalized spacial score (nSPS) is 18.4. The third-order valence-corrected chi connectivity index (χ3v) is 4.77. The first kappa shape index (κ1) is 21.7. The summed E-state index contributed by atoms with van der Waals surface area (Å²) in [6.07, 6.45) is 4.14. The van der Waals surface area contributed by atoms with Crippen LogP contribution in [0, 0.1) is 0 Å². The van der Waals surface area contributed by atoms with E-state index in [1.165, 1.54) is 17.4 Å². The van der Waals surface area contributed by atoms with Crippen molar-refractivity contribution in [2.45, 2.75) is 37.4 Å². The highest BCUT2D eigenvalue weighted by atomic mass is 32.1. The highest BCUT2D eigenvalue weighted by molar-refractivity contribution is 7.80. The Hall–Kier alpha value is -2.60.